The van der Waals surface area contributed by atoms with Crippen molar-refractivity contribution in [2.45, 2.75) is 31.4 Å². The lowest BCUT2D eigenvalue weighted by Crippen LogP contribution is -2.31. The van der Waals surface area contributed by atoms with Crippen molar-refractivity contribution in [1.29, 1.82) is 0 Å². The molecule has 0 aromatic heterocycles. The van der Waals surface area contributed by atoms with E-state index in [4.69, 9.17) is 15.9 Å². The van der Waals surface area contributed by atoms with Crippen molar-refractivity contribution < 1.29 is 23.8 Å². The van der Waals surface area contributed by atoms with E-state index in [-0.39, 0.29) is 0 Å². The second kappa shape index (κ2) is 4.88. The van der Waals surface area contributed by atoms with Crippen LogP contribution in [-0.4, -0.2) is 34.3 Å². The molecule has 0 aliphatic heterocycles. The minimum atomic E-state index is -3.61. The van der Waals surface area contributed by atoms with Gasteiger partial charge in [0.15, 0.2) is 0 Å². The van der Waals surface area contributed by atoms with Crippen molar-refractivity contribution in [2.75, 3.05) is 0 Å². The van der Waals surface area contributed by atoms with E-state index in [9.17, 15) is 13.6 Å². The van der Waals surface area contributed by atoms with E-state index in [2.05, 4.69) is 0 Å². The van der Waals surface area contributed by atoms with Gasteiger partial charge in [-0.15, -0.1) is 0 Å². The molecule has 14 heavy (non-hydrogen) atoms. The van der Waals surface area contributed by atoms with E-state index >= 15 is 0 Å². The van der Waals surface area contributed by atoms with E-state index in [1.807, 2.05) is 5.92 Å². The van der Waals surface area contributed by atoms with Crippen LogP contribution in [-0.2, 0) is 4.79 Å². The maximum absolute atomic E-state index is 12.6. The molecule has 0 fully saturated rings. The Morgan fingerprint density at radius 3 is 2.50 bits per heavy atom. The number of alkyl halides is 2. The third-order valence-electron chi connectivity index (χ3n) is 1.31. The summed E-state index contributed by atoms with van der Waals surface area (Å²) in [6.45, 7) is 1.30. The van der Waals surface area contributed by atoms with Gasteiger partial charge in [0.2, 0.25) is 0 Å². The quantitative estimate of drug-likeness (QED) is 0.560. The molecule has 6 heteroatoms. The van der Waals surface area contributed by atoms with Gasteiger partial charge < -0.3 is 15.9 Å². The predicted octanol–water partition coefficient (Wildman–Crippen LogP) is -0.192. The van der Waals surface area contributed by atoms with Crippen molar-refractivity contribution in [3.05, 3.63) is 0 Å². The molecule has 0 saturated heterocycles. The number of aliphatic carboxylic acids is 1. The molecule has 0 rings (SSSR count). The van der Waals surface area contributed by atoms with Crippen molar-refractivity contribution in [1.82, 2.24) is 0 Å². The Morgan fingerprint density at radius 2 is 2.14 bits per heavy atom. The summed E-state index contributed by atoms with van der Waals surface area (Å²) in [4.78, 5) is 9.97. The highest BCUT2D eigenvalue weighted by Gasteiger charge is 2.29. The lowest BCUT2D eigenvalue weighted by atomic mass is 10.1. The second-order valence-electron chi connectivity index (χ2n) is 2.81. The van der Waals surface area contributed by atoms with Crippen molar-refractivity contribution >= 4 is 5.97 Å². The maximum Gasteiger partial charge on any atom is 0.318 e. The van der Waals surface area contributed by atoms with E-state index in [0.717, 1.165) is 0 Å². The van der Waals surface area contributed by atoms with Crippen LogP contribution in [0.15, 0.2) is 0 Å². The Hall–Kier alpha value is -1.19. The number of hydrogen-bond donors (Lipinski definition) is 3. The number of rotatable bonds is 3. The van der Waals surface area contributed by atoms with Gasteiger partial charge in [-0.1, -0.05) is 5.92 Å². The average Bonchev–Trinajstić information content (AvgIpc) is 1.97. The zero-order chi connectivity index (χ0) is 11.4. The lowest BCUT2D eigenvalue weighted by molar-refractivity contribution is -0.141. The maximum atomic E-state index is 12.6. The van der Waals surface area contributed by atoms with Crippen LogP contribution in [0.5, 0.6) is 0 Å². The van der Waals surface area contributed by atoms with Crippen LogP contribution in [0, 0.1) is 11.8 Å². The molecular weight excluding hydrogens is 196 g/mol. The van der Waals surface area contributed by atoms with Gasteiger partial charge in [-0.05, 0) is 12.8 Å². The standard InChI is InChI=1S/C8H11F2NO3/c1-5(12)6(11)2-3-8(9,10)4-7(13)14/h5-6,12H,4,11H2,1H3,(H,13,14). The Morgan fingerprint density at radius 1 is 1.64 bits per heavy atom. The summed E-state index contributed by atoms with van der Waals surface area (Å²) >= 11 is 0. The van der Waals surface area contributed by atoms with Gasteiger partial charge in [0.1, 0.15) is 6.42 Å². The van der Waals surface area contributed by atoms with Gasteiger partial charge in [0.05, 0.1) is 12.1 Å². The van der Waals surface area contributed by atoms with Crippen LogP contribution in [0.2, 0.25) is 0 Å². The van der Waals surface area contributed by atoms with Crippen LogP contribution in [0.1, 0.15) is 13.3 Å². The molecule has 0 heterocycles. The minimum absolute atomic E-state index is 1.04. The lowest BCUT2D eigenvalue weighted by Gasteiger charge is -2.08. The molecule has 2 unspecified atom stereocenters. The largest absolute Gasteiger partial charge is 0.481 e. The van der Waals surface area contributed by atoms with Gasteiger partial charge in [-0.2, -0.15) is 8.78 Å². The van der Waals surface area contributed by atoms with Gasteiger partial charge in [0.25, 0.3) is 0 Å². The highest BCUT2D eigenvalue weighted by Crippen LogP contribution is 2.16. The summed E-state index contributed by atoms with van der Waals surface area (Å²) in [6, 6.07) is -1.10. The van der Waals surface area contributed by atoms with Crippen molar-refractivity contribution in [3.63, 3.8) is 0 Å². The predicted molar refractivity (Wildman–Crippen MR) is 44.6 cm³/mol. The number of carbonyl (C=O) groups is 1. The van der Waals surface area contributed by atoms with E-state index < -0.39 is 30.5 Å². The second-order valence-corrected chi connectivity index (χ2v) is 2.81. The first-order chi connectivity index (χ1) is 6.24. The minimum Gasteiger partial charge on any atom is -0.481 e. The Labute approximate surface area is 79.7 Å². The molecule has 0 aromatic rings. The van der Waals surface area contributed by atoms with E-state index in [1.165, 1.54) is 12.8 Å². The van der Waals surface area contributed by atoms with Crippen LogP contribution < -0.4 is 5.73 Å². The molecule has 0 amide bonds. The number of halogens is 2. The normalized spacial score (nSPS) is 15.2. The van der Waals surface area contributed by atoms with Crippen LogP contribution in [0.4, 0.5) is 8.78 Å². The molecule has 0 bridgehead atoms. The number of aliphatic hydroxyl groups excluding tert-OH is 1. The molecule has 2 atom stereocenters. The molecule has 0 aliphatic rings. The molecule has 0 radical (unpaired) electrons. The van der Waals surface area contributed by atoms with Crippen LogP contribution in [0.25, 0.3) is 0 Å². The molecular formula is C8H11F2NO3. The van der Waals surface area contributed by atoms with Gasteiger partial charge in [0, 0.05) is 0 Å². The van der Waals surface area contributed by atoms with Crippen molar-refractivity contribution in [3.8, 4) is 11.8 Å². The summed E-state index contributed by atoms with van der Waals surface area (Å²) in [6.07, 6.45) is -2.41. The highest BCUT2D eigenvalue weighted by molar-refractivity contribution is 5.68. The SMILES string of the molecule is CC(O)C(N)C#CC(F)(F)CC(=O)O. The molecule has 4 N–H and O–H groups in total. The van der Waals surface area contributed by atoms with Crippen molar-refractivity contribution in [2.24, 2.45) is 5.73 Å². The number of carboxylic acids is 1. The zero-order valence-corrected chi connectivity index (χ0v) is 7.50. The first-order valence-corrected chi connectivity index (χ1v) is 3.80. The fraction of sp³-hybridized carbons (Fsp3) is 0.625. The summed E-state index contributed by atoms with van der Waals surface area (Å²) in [7, 11) is 0. The molecule has 4 nitrogen and oxygen atoms in total. The molecule has 0 aromatic carbocycles. The summed E-state index contributed by atoms with van der Waals surface area (Å²) in [5.74, 6) is -1.94. The van der Waals surface area contributed by atoms with E-state index in [1.54, 1.807) is 0 Å². The van der Waals surface area contributed by atoms with Crippen LogP contribution in [0.3, 0.4) is 0 Å². The van der Waals surface area contributed by atoms with Gasteiger partial charge in [-0.25, -0.2) is 0 Å². The fourth-order valence-corrected chi connectivity index (χ4v) is 0.544. The average molecular weight is 207 g/mol. The number of hydrogen-bond acceptors (Lipinski definition) is 3. The molecule has 0 saturated carbocycles. The third-order valence-corrected chi connectivity index (χ3v) is 1.31. The van der Waals surface area contributed by atoms with Gasteiger partial charge in [-0.3, -0.25) is 4.79 Å². The van der Waals surface area contributed by atoms with E-state index in [0.29, 0.717) is 0 Å². The highest BCUT2D eigenvalue weighted by atomic mass is 19.3. The van der Waals surface area contributed by atoms with Crippen LogP contribution >= 0.6 is 0 Å². The Bertz CT molecular complexity index is 267. The smallest absolute Gasteiger partial charge is 0.318 e. The first kappa shape index (κ1) is 12.8. The number of carboxylic acid groups (broad SMARTS) is 1. The fourth-order valence-electron chi connectivity index (χ4n) is 0.544. The molecule has 0 aliphatic carbocycles. The number of nitrogens with two attached hydrogens (primary N) is 1. The monoisotopic (exact) mass is 207 g/mol. The zero-order valence-electron chi connectivity index (χ0n) is 7.50. The number of aliphatic hydroxyl groups is 1. The third kappa shape index (κ3) is 5.45. The topological polar surface area (TPSA) is 83.5 Å². The summed E-state index contributed by atoms with van der Waals surface area (Å²) in [5.41, 5.74) is 5.15. The molecule has 80 valence electrons. The first-order valence-electron chi connectivity index (χ1n) is 3.80. The summed E-state index contributed by atoms with van der Waals surface area (Å²) < 4.78 is 25.2. The Kier molecular flexibility index (Phi) is 4.47. The van der Waals surface area contributed by atoms with Gasteiger partial charge >= 0.3 is 11.9 Å². The molecule has 0 spiro atoms. The Balaban J connectivity index is 4.39. The summed E-state index contributed by atoms with van der Waals surface area (Å²) in [5, 5.41) is 16.9.